The molecule has 0 saturated heterocycles. The summed E-state index contributed by atoms with van der Waals surface area (Å²) in [5.41, 5.74) is 9.00. The molecule has 0 aliphatic rings. The van der Waals surface area contributed by atoms with Gasteiger partial charge in [0.05, 0.1) is 0 Å². The zero-order valence-corrected chi connectivity index (χ0v) is 13.1. The molecule has 0 radical (unpaired) electrons. The van der Waals surface area contributed by atoms with Crippen molar-refractivity contribution in [1.29, 1.82) is 0 Å². The zero-order chi connectivity index (χ0) is 13.5. The van der Waals surface area contributed by atoms with Crippen molar-refractivity contribution in [3.8, 4) is 0 Å². The highest BCUT2D eigenvalue weighted by atomic mass is 35.5. The van der Waals surface area contributed by atoms with Crippen LogP contribution in [0.2, 0.25) is 0 Å². The molecule has 4 N–H and O–H groups in total. The van der Waals surface area contributed by atoms with Crippen molar-refractivity contribution >= 4 is 41.4 Å². The van der Waals surface area contributed by atoms with Gasteiger partial charge in [-0.25, -0.2) is 0 Å². The predicted octanol–water partition coefficient (Wildman–Crippen LogP) is 2.74. The van der Waals surface area contributed by atoms with E-state index in [0.717, 1.165) is 23.2 Å². The molecule has 0 amide bonds. The molecule has 0 aromatic heterocycles. The van der Waals surface area contributed by atoms with Crippen LogP contribution in [0.4, 0.5) is 5.69 Å². The van der Waals surface area contributed by atoms with Crippen LogP contribution in [0.5, 0.6) is 0 Å². The summed E-state index contributed by atoms with van der Waals surface area (Å²) in [6.45, 7) is 6.81. The number of aryl methyl sites for hydroxylation is 2. The fourth-order valence-electron chi connectivity index (χ4n) is 1.54. The van der Waals surface area contributed by atoms with Gasteiger partial charge in [0.15, 0.2) is 11.1 Å². The molecule has 0 heterocycles. The van der Waals surface area contributed by atoms with E-state index in [1.165, 1.54) is 0 Å². The summed E-state index contributed by atoms with van der Waals surface area (Å²) >= 11 is 5.20. The Labute approximate surface area is 126 Å². The lowest BCUT2D eigenvalue weighted by atomic mass is 10.1. The minimum Gasteiger partial charge on any atom is -0.370 e. The molecule has 1 rings (SSSR count). The molecule has 0 aliphatic heterocycles. The van der Waals surface area contributed by atoms with Crippen LogP contribution < -0.4 is 16.4 Å². The lowest BCUT2D eigenvalue weighted by Crippen LogP contribution is -2.39. The van der Waals surface area contributed by atoms with Gasteiger partial charge in [-0.3, -0.25) is 4.99 Å². The van der Waals surface area contributed by atoms with E-state index >= 15 is 0 Å². The minimum atomic E-state index is 0. The number of nitrogens with zero attached hydrogens (tertiary/aromatic N) is 1. The van der Waals surface area contributed by atoms with Crippen LogP contribution in [0.15, 0.2) is 23.2 Å². The number of nitrogens with one attached hydrogen (secondary N) is 2. The summed E-state index contributed by atoms with van der Waals surface area (Å²) in [6.07, 6.45) is 0.958. The fourth-order valence-corrected chi connectivity index (χ4v) is 1.75. The number of anilines is 1. The number of halogens is 1. The van der Waals surface area contributed by atoms with Crippen LogP contribution in [0.25, 0.3) is 0 Å². The minimum absolute atomic E-state index is 0. The molecule has 1 aromatic rings. The van der Waals surface area contributed by atoms with Crippen molar-refractivity contribution in [3.05, 3.63) is 29.3 Å². The molecule has 1 aromatic carbocycles. The van der Waals surface area contributed by atoms with E-state index in [9.17, 15) is 0 Å². The van der Waals surface area contributed by atoms with Crippen molar-refractivity contribution in [2.45, 2.75) is 27.2 Å². The Balaban J connectivity index is 0.00000324. The van der Waals surface area contributed by atoms with Gasteiger partial charge in [0.1, 0.15) is 0 Å². The van der Waals surface area contributed by atoms with Gasteiger partial charge in [0, 0.05) is 12.2 Å². The number of guanidine groups is 1. The summed E-state index contributed by atoms with van der Waals surface area (Å²) in [5.74, 6) is 0.348. The van der Waals surface area contributed by atoms with Gasteiger partial charge in [0.2, 0.25) is 0 Å². The first-order valence-corrected chi connectivity index (χ1v) is 6.39. The SMILES string of the molecule is CCCN=C(N)NC(=S)Nc1c(C)cccc1C.Cl. The molecule has 4 nitrogen and oxygen atoms in total. The second-order valence-electron chi connectivity index (χ2n) is 4.11. The highest BCUT2D eigenvalue weighted by Gasteiger charge is 2.04. The first-order valence-electron chi connectivity index (χ1n) is 5.98. The third-order valence-corrected chi connectivity index (χ3v) is 2.67. The fraction of sp³-hybridized carbons (Fsp3) is 0.385. The first kappa shape index (κ1) is 17.7. The van der Waals surface area contributed by atoms with E-state index in [1.807, 2.05) is 39.0 Å². The maximum absolute atomic E-state index is 5.70. The summed E-state index contributed by atoms with van der Waals surface area (Å²) in [6, 6.07) is 6.09. The Bertz CT molecular complexity index is 440. The number of aliphatic imine (C=N–C) groups is 1. The van der Waals surface area contributed by atoms with Gasteiger partial charge in [0.25, 0.3) is 0 Å². The van der Waals surface area contributed by atoms with Crippen LogP contribution in [0.3, 0.4) is 0 Å². The van der Waals surface area contributed by atoms with Crippen LogP contribution >= 0.6 is 24.6 Å². The maximum Gasteiger partial charge on any atom is 0.194 e. The Morgan fingerprint density at radius 1 is 1.32 bits per heavy atom. The Morgan fingerprint density at radius 2 is 1.89 bits per heavy atom. The van der Waals surface area contributed by atoms with Gasteiger partial charge >= 0.3 is 0 Å². The Kier molecular flexibility index (Phi) is 8.11. The Morgan fingerprint density at radius 3 is 2.42 bits per heavy atom. The lowest BCUT2D eigenvalue weighted by Gasteiger charge is -2.14. The summed E-state index contributed by atoms with van der Waals surface area (Å²) in [5, 5.41) is 6.47. The first-order chi connectivity index (χ1) is 8.54. The average Bonchev–Trinajstić information content (AvgIpc) is 2.31. The van der Waals surface area contributed by atoms with Crippen LogP contribution in [0.1, 0.15) is 24.5 Å². The lowest BCUT2D eigenvalue weighted by molar-refractivity contribution is 0.923. The number of nitrogens with two attached hydrogens (primary N) is 1. The highest BCUT2D eigenvalue weighted by molar-refractivity contribution is 7.80. The smallest absolute Gasteiger partial charge is 0.194 e. The van der Waals surface area contributed by atoms with Crippen molar-refractivity contribution in [2.24, 2.45) is 10.7 Å². The normalized spacial score (nSPS) is 10.6. The molecule has 0 unspecified atom stereocenters. The topological polar surface area (TPSA) is 62.4 Å². The summed E-state index contributed by atoms with van der Waals surface area (Å²) in [7, 11) is 0. The maximum atomic E-state index is 5.70. The molecule has 0 fully saturated rings. The molecular weight excluding hydrogens is 280 g/mol. The number of rotatable bonds is 3. The van der Waals surface area contributed by atoms with Crippen LogP contribution in [0, 0.1) is 13.8 Å². The molecule has 0 bridgehead atoms. The van der Waals surface area contributed by atoms with Crippen molar-refractivity contribution in [2.75, 3.05) is 11.9 Å². The number of para-hydroxylation sites is 1. The zero-order valence-electron chi connectivity index (χ0n) is 11.5. The van der Waals surface area contributed by atoms with E-state index in [2.05, 4.69) is 15.6 Å². The standard InChI is InChI=1S/C13H20N4S.ClH/c1-4-8-15-12(14)17-13(18)16-11-9(2)6-5-7-10(11)3;/h5-7H,4,8H2,1-3H3,(H4,14,15,16,17,18);1H. The quantitative estimate of drug-likeness (QED) is 0.456. The molecule has 106 valence electrons. The summed E-state index contributed by atoms with van der Waals surface area (Å²) in [4.78, 5) is 4.12. The third kappa shape index (κ3) is 5.89. The van der Waals surface area contributed by atoms with Gasteiger partial charge in [-0.1, -0.05) is 25.1 Å². The predicted molar refractivity (Wildman–Crippen MR) is 89.3 cm³/mol. The monoisotopic (exact) mass is 300 g/mol. The van der Waals surface area contributed by atoms with Gasteiger partial charge < -0.3 is 16.4 Å². The van der Waals surface area contributed by atoms with Crippen LogP contribution in [-0.2, 0) is 0 Å². The van der Waals surface area contributed by atoms with E-state index < -0.39 is 0 Å². The molecule has 6 heteroatoms. The second-order valence-corrected chi connectivity index (χ2v) is 4.52. The molecule has 0 aliphatic carbocycles. The number of benzene rings is 1. The molecule has 0 atom stereocenters. The number of thiocarbonyl (C=S) groups is 1. The highest BCUT2D eigenvalue weighted by Crippen LogP contribution is 2.18. The second kappa shape index (κ2) is 8.72. The number of hydrogen-bond acceptors (Lipinski definition) is 2. The van der Waals surface area contributed by atoms with Crippen molar-refractivity contribution in [1.82, 2.24) is 5.32 Å². The van der Waals surface area contributed by atoms with Gasteiger partial charge in [-0.15, -0.1) is 12.4 Å². The van der Waals surface area contributed by atoms with E-state index in [4.69, 9.17) is 18.0 Å². The van der Waals surface area contributed by atoms with E-state index in [0.29, 0.717) is 17.6 Å². The van der Waals surface area contributed by atoms with Crippen molar-refractivity contribution in [3.63, 3.8) is 0 Å². The van der Waals surface area contributed by atoms with Crippen molar-refractivity contribution < 1.29 is 0 Å². The molecule has 19 heavy (non-hydrogen) atoms. The van der Waals surface area contributed by atoms with E-state index in [1.54, 1.807) is 0 Å². The Hall–Kier alpha value is -1.33. The van der Waals surface area contributed by atoms with Crippen LogP contribution in [-0.4, -0.2) is 17.6 Å². The molecular formula is C13H21ClN4S. The number of hydrogen-bond donors (Lipinski definition) is 3. The van der Waals surface area contributed by atoms with Gasteiger partial charge in [-0.05, 0) is 43.6 Å². The molecule has 0 spiro atoms. The third-order valence-electron chi connectivity index (χ3n) is 2.47. The summed E-state index contributed by atoms with van der Waals surface area (Å²) < 4.78 is 0. The molecule has 0 saturated carbocycles. The largest absolute Gasteiger partial charge is 0.370 e. The van der Waals surface area contributed by atoms with Gasteiger partial charge in [-0.2, -0.15) is 0 Å². The average molecular weight is 301 g/mol. The van der Waals surface area contributed by atoms with E-state index in [-0.39, 0.29) is 12.4 Å².